The lowest BCUT2D eigenvalue weighted by Gasteiger charge is -2.17. The summed E-state index contributed by atoms with van der Waals surface area (Å²) in [4.78, 5) is 12.9. The molecule has 1 fully saturated rings. The summed E-state index contributed by atoms with van der Waals surface area (Å²) in [6.07, 6.45) is 2.89. The van der Waals surface area contributed by atoms with Crippen molar-refractivity contribution in [3.05, 3.63) is 30.3 Å². The van der Waals surface area contributed by atoms with E-state index in [9.17, 15) is 10.1 Å². The van der Waals surface area contributed by atoms with Gasteiger partial charge in [-0.05, 0) is 37.1 Å². The van der Waals surface area contributed by atoms with Gasteiger partial charge in [0.1, 0.15) is 5.41 Å². The topological polar surface area (TPSA) is 40.9 Å². The van der Waals surface area contributed by atoms with Gasteiger partial charge in [0.15, 0.2) is 5.78 Å². The molecule has 0 N–H and O–H groups in total. The van der Waals surface area contributed by atoms with Crippen LogP contribution in [-0.2, 0) is 4.79 Å². The van der Waals surface area contributed by atoms with Gasteiger partial charge in [0, 0.05) is 11.3 Å². The van der Waals surface area contributed by atoms with Crippen LogP contribution >= 0.6 is 11.8 Å². The summed E-state index contributed by atoms with van der Waals surface area (Å²) in [6.45, 7) is 0. The molecule has 3 heteroatoms. The number of hydrogen-bond donors (Lipinski definition) is 0. The third-order valence-electron chi connectivity index (χ3n) is 3.30. The van der Waals surface area contributed by atoms with Crippen molar-refractivity contribution < 1.29 is 4.79 Å². The minimum atomic E-state index is -0.679. The van der Waals surface area contributed by atoms with E-state index >= 15 is 0 Å². The maximum atomic E-state index is 11.7. The van der Waals surface area contributed by atoms with Crippen LogP contribution in [0.15, 0.2) is 35.2 Å². The van der Waals surface area contributed by atoms with Gasteiger partial charge in [-0.2, -0.15) is 5.26 Å². The molecule has 1 atom stereocenters. The Hall–Kier alpha value is -1.27. The zero-order valence-corrected chi connectivity index (χ0v) is 10.5. The Morgan fingerprint density at radius 1 is 1.35 bits per heavy atom. The van der Waals surface area contributed by atoms with Crippen LogP contribution in [0.2, 0.25) is 0 Å². The highest BCUT2D eigenvalue weighted by molar-refractivity contribution is 7.99. The number of ketones is 1. The standard InChI is InChI=1S/C14H15NOS/c15-11-14(8-4-7-13(14)16)9-10-17-12-5-2-1-3-6-12/h1-3,5-6H,4,7-10H2. The maximum Gasteiger partial charge on any atom is 0.153 e. The zero-order chi connectivity index (χ0) is 12.1. The number of hydrogen-bond acceptors (Lipinski definition) is 3. The van der Waals surface area contributed by atoms with E-state index in [2.05, 4.69) is 18.2 Å². The first-order valence-corrected chi connectivity index (χ1v) is 6.88. The largest absolute Gasteiger partial charge is 0.298 e. The molecule has 0 aliphatic heterocycles. The molecule has 88 valence electrons. The third-order valence-corrected chi connectivity index (χ3v) is 4.31. The van der Waals surface area contributed by atoms with E-state index in [4.69, 9.17) is 0 Å². The molecule has 1 aliphatic carbocycles. The molecule has 0 saturated heterocycles. The summed E-state index contributed by atoms with van der Waals surface area (Å²) < 4.78 is 0. The number of nitriles is 1. The highest BCUT2D eigenvalue weighted by atomic mass is 32.2. The minimum absolute atomic E-state index is 0.147. The summed E-state index contributed by atoms with van der Waals surface area (Å²) >= 11 is 1.72. The zero-order valence-electron chi connectivity index (χ0n) is 9.69. The summed E-state index contributed by atoms with van der Waals surface area (Å²) in [7, 11) is 0. The number of rotatable bonds is 4. The van der Waals surface area contributed by atoms with E-state index < -0.39 is 5.41 Å². The molecule has 1 aromatic carbocycles. The van der Waals surface area contributed by atoms with Crippen LogP contribution in [0.4, 0.5) is 0 Å². The first-order valence-electron chi connectivity index (χ1n) is 5.89. The van der Waals surface area contributed by atoms with E-state index in [0.717, 1.165) is 18.6 Å². The molecule has 2 nitrogen and oxygen atoms in total. The second-order valence-corrected chi connectivity index (χ2v) is 5.55. The van der Waals surface area contributed by atoms with Gasteiger partial charge in [-0.1, -0.05) is 18.2 Å². The number of carbonyl (C=O) groups is 1. The SMILES string of the molecule is N#CC1(CCSc2ccccc2)CCCC1=O. The van der Waals surface area contributed by atoms with E-state index in [0.29, 0.717) is 12.8 Å². The third kappa shape index (κ3) is 2.70. The molecule has 0 aromatic heterocycles. The molecular weight excluding hydrogens is 230 g/mol. The molecule has 1 unspecified atom stereocenters. The van der Waals surface area contributed by atoms with Gasteiger partial charge in [0.2, 0.25) is 0 Å². The fraction of sp³-hybridized carbons (Fsp3) is 0.429. The molecule has 0 radical (unpaired) electrons. The van der Waals surface area contributed by atoms with E-state index in [1.54, 1.807) is 11.8 Å². The predicted octanol–water partition coefficient (Wildman–Crippen LogP) is 3.43. The minimum Gasteiger partial charge on any atom is -0.298 e. The Balaban J connectivity index is 1.90. The van der Waals surface area contributed by atoms with Crippen LogP contribution in [0.5, 0.6) is 0 Å². The van der Waals surface area contributed by atoms with Crippen LogP contribution in [0.1, 0.15) is 25.7 Å². The average molecular weight is 245 g/mol. The Labute approximate surface area is 106 Å². The Morgan fingerprint density at radius 2 is 2.12 bits per heavy atom. The molecule has 2 rings (SSSR count). The summed E-state index contributed by atoms with van der Waals surface area (Å²) in [6, 6.07) is 12.4. The van der Waals surface area contributed by atoms with Gasteiger partial charge < -0.3 is 0 Å². The van der Waals surface area contributed by atoms with Crippen molar-refractivity contribution in [2.45, 2.75) is 30.6 Å². The van der Waals surface area contributed by atoms with E-state index in [-0.39, 0.29) is 5.78 Å². The predicted molar refractivity (Wildman–Crippen MR) is 68.7 cm³/mol. The van der Waals surface area contributed by atoms with Gasteiger partial charge in [0.25, 0.3) is 0 Å². The lowest BCUT2D eigenvalue weighted by atomic mass is 9.84. The van der Waals surface area contributed by atoms with Gasteiger partial charge in [0.05, 0.1) is 6.07 Å². The van der Waals surface area contributed by atoms with Gasteiger partial charge in [-0.3, -0.25) is 4.79 Å². The smallest absolute Gasteiger partial charge is 0.153 e. The normalized spacial score (nSPS) is 23.6. The van der Waals surface area contributed by atoms with Crippen molar-refractivity contribution in [3.8, 4) is 6.07 Å². The average Bonchev–Trinajstić information content (AvgIpc) is 2.73. The van der Waals surface area contributed by atoms with Crippen LogP contribution in [0, 0.1) is 16.7 Å². The molecule has 0 heterocycles. The number of benzene rings is 1. The van der Waals surface area contributed by atoms with Gasteiger partial charge >= 0.3 is 0 Å². The molecule has 0 amide bonds. The quantitative estimate of drug-likeness (QED) is 0.763. The highest BCUT2D eigenvalue weighted by Gasteiger charge is 2.41. The molecule has 17 heavy (non-hydrogen) atoms. The lowest BCUT2D eigenvalue weighted by Crippen LogP contribution is -2.24. The van der Waals surface area contributed by atoms with Gasteiger partial charge in [-0.15, -0.1) is 11.8 Å². The second kappa shape index (κ2) is 5.37. The van der Waals surface area contributed by atoms with Crippen molar-refractivity contribution in [3.63, 3.8) is 0 Å². The van der Waals surface area contributed by atoms with Crippen molar-refractivity contribution >= 4 is 17.5 Å². The van der Waals surface area contributed by atoms with Crippen molar-refractivity contribution in [1.29, 1.82) is 5.26 Å². The highest BCUT2D eigenvalue weighted by Crippen LogP contribution is 2.38. The summed E-state index contributed by atoms with van der Waals surface area (Å²) in [5.74, 6) is 0.984. The summed E-state index contributed by atoms with van der Waals surface area (Å²) in [5, 5.41) is 9.20. The molecule has 1 aromatic rings. The monoisotopic (exact) mass is 245 g/mol. The van der Waals surface area contributed by atoms with Crippen LogP contribution in [0.3, 0.4) is 0 Å². The van der Waals surface area contributed by atoms with E-state index in [1.807, 2.05) is 18.2 Å². The molecule has 1 aliphatic rings. The lowest BCUT2D eigenvalue weighted by molar-refractivity contribution is -0.123. The fourth-order valence-corrected chi connectivity index (χ4v) is 3.26. The molecule has 1 saturated carbocycles. The van der Waals surface area contributed by atoms with Crippen LogP contribution < -0.4 is 0 Å². The Morgan fingerprint density at radius 3 is 2.71 bits per heavy atom. The number of nitrogens with zero attached hydrogens (tertiary/aromatic N) is 1. The van der Waals surface area contributed by atoms with Gasteiger partial charge in [-0.25, -0.2) is 0 Å². The Bertz CT molecular complexity index is 437. The van der Waals surface area contributed by atoms with Crippen molar-refractivity contribution in [1.82, 2.24) is 0 Å². The molecular formula is C14H15NOS. The first-order chi connectivity index (χ1) is 8.27. The van der Waals surface area contributed by atoms with Crippen LogP contribution in [-0.4, -0.2) is 11.5 Å². The summed E-state index contributed by atoms with van der Waals surface area (Å²) in [5.41, 5.74) is -0.679. The second-order valence-electron chi connectivity index (χ2n) is 4.38. The van der Waals surface area contributed by atoms with Crippen molar-refractivity contribution in [2.24, 2.45) is 5.41 Å². The Kier molecular flexibility index (Phi) is 3.86. The number of Topliss-reactive ketones (excluding diaryl/α,β-unsaturated/α-hetero) is 1. The number of thioether (sulfide) groups is 1. The van der Waals surface area contributed by atoms with E-state index in [1.165, 1.54) is 4.90 Å². The first kappa shape index (κ1) is 12.2. The van der Waals surface area contributed by atoms with Crippen molar-refractivity contribution in [2.75, 3.05) is 5.75 Å². The molecule has 0 bridgehead atoms. The molecule has 0 spiro atoms. The van der Waals surface area contributed by atoms with Crippen LogP contribution in [0.25, 0.3) is 0 Å². The maximum absolute atomic E-state index is 11.7. The fourth-order valence-electron chi connectivity index (χ4n) is 2.23. The number of carbonyl (C=O) groups excluding carboxylic acids is 1.